The molecule has 3 nitrogen and oxygen atoms in total. The van der Waals surface area contributed by atoms with Crippen LogP contribution in [0.15, 0.2) is 24.3 Å². The second-order valence-corrected chi connectivity index (χ2v) is 5.28. The van der Waals surface area contributed by atoms with Gasteiger partial charge in [0.25, 0.3) is 0 Å². The minimum atomic E-state index is -0.401. The maximum atomic E-state index is 9.49. The first-order chi connectivity index (χ1) is 8.00. The minimum absolute atomic E-state index is 0.0323. The van der Waals surface area contributed by atoms with Crippen molar-refractivity contribution in [3.8, 4) is 0 Å². The second kappa shape index (κ2) is 4.67. The number of morpholine rings is 1. The lowest BCUT2D eigenvalue weighted by Gasteiger charge is -2.43. The minimum Gasteiger partial charge on any atom is -0.389 e. The number of hydrogen-bond donors (Lipinski definition) is 1. The summed E-state index contributed by atoms with van der Waals surface area (Å²) in [6, 6.07) is 8.14. The Morgan fingerprint density at radius 1 is 1.29 bits per heavy atom. The van der Waals surface area contributed by atoms with Crippen molar-refractivity contribution in [2.24, 2.45) is 0 Å². The van der Waals surface area contributed by atoms with Gasteiger partial charge in [0.15, 0.2) is 0 Å². The van der Waals surface area contributed by atoms with Crippen molar-refractivity contribution >= 4 is 5.69 Å². The van der Waals surface area contributed by atoms with Gasteiger partial charge in [0.2, 0.25) is 0 Å². The van der Waals surface area contributed by atoms with E-state index in [4.69, 9.17) is 4.74 Å². The Bertz CT molecular complexity index is 370. The molecule has 1 heterocycles. The van der Waals surface area contributed by atoms with Gasteiger partial charge in [0.1, 0.15) is 0 Å². The van der Waals surface area contributed by atoms with Crippen molar-refractivity contribution in [1.29, 1.82) is 0 Å². The van der Waals surface area contributed by atoms with Crippen LogP contribution in [-0.2, 0) is 4.74 Å². The highest BCUT2D eigenvalue weighted by Crippen LogP contribution is 2.27. The molecule has 1 saturated heterocycles. The van der Waals surface area contributed by atoms with Gasteiger partial charge in [-0.1, -0.05) is 12.1 Å². The number of nitrogens with zero attached hydrogens (tertiary/aromatic N) is 1. The average molecular weight is 235 g/mol. The van der Waals surface area contributed by atoms with Gasteiger partial charge in [-0.25, -0.2) is 0 Å². The number of ether oxygens (including phenoxy) is 1. The predicted molar refractivity (Wildman–Crippen MR) is 69.3 cm³/mol. The van der Waals surface area contributed by atoms with E-state index in [2.05, 4.69) is 30.9 Å². The standard InChI is InChI=1S/C14H21NO2/c1-11(16)12-4-6-13(7-5-12)15-8-9-17-10-14(15,2)3/h4-7,11,16H,8-10H2,1-3H3. The van der Waals surface area contributed by atoms with E-state index in [1.807, 2.05) is 12.1 Å². The fourth-order valence-electron chi connectivity index (χ4n) is 2.27. The summed E-state index contributed by atoms with van der Waals surface area (Å²) in [4.78, 5) is 2.36. The van der Waals surface area contributed by atoms with Crippen molar-refractivity contribution < 1.29 is 9.84 Å². The summed E-state index contributed by atoms with van der Waals surface area (Å²) in [5.41, 5.74) is 2.19. The monoisotopic (exact) mass is 235 g/mol. The van der Waals surface area contributed by atoms with Crippen LogP contribution in [0.4, 0.5) is 5.69 Å². The zero-order chi connectivity index (χ0) is 12.5. The summed E-state index contributed by atoms with van der Waals surface area (Å²) in [5.74, 6) is 0. The molecular formula is C14H21NO2. The van der Waals surface area contributed by atoms with Crippen LogP contribution < -0.4 is 4.90 Å². The molecule has 1 aromatic carbocycles. The molecule has 17 heavy (non-hydrogen) atoms. The number of hydrogen-bond acceptors (Lipinski definition) is 3. The number of aliphatic hydroxyl groups excluding tert-OH is 1. The van der Waals surface area contributed by atoms with Crippen LogP contribution in [0.2, 0.25) is 0 Å². The molecule has 0 aromatic heterocycles. The van der Waals surface area contributed by atoms with E-state index in [9.17, 15) is 5.11 Å². The van der Waals surface area contributed by atoms with Gasteiger partial charge in [-0.05, 0) is 38.5 Å². The third-order valence-electron chi connectivity index (χ3n) is 3.33. The van der Waals surface area contributed by atoms with Gasteiger partial charge >= 0.3 is 0 Å². The highest BCUT2D eigenvalue weighted by Gasteiger charge is 2.30. The van der Waals surface area contributed by atoms with E-state index >= 15 is 0 Å². The zero-order valence-electron chi connectivity index (χ0n) is 10.8. The van der Waals surface area contributed by atoms with Gasteiger partial charge in [-0.3, -0.25) is 0 Å². The summed E-state index contributed by atoms with van der Waals surface area (Å²) < 4.78 is 5.52. The largest absolute Gasteiger partial charge is 0.389 e. The molecular weight excluding hydrogens is 214 g/mol. The Hall–Kier alpha value is -1.06. The van der Waals surface area contributed by atoms with Gasteiger partial charge in [-0.15, -0.1) is 0 Å². The first kappa shape index (κ1) is 12.4. The van der Waals surface area contributed by atoms with Gasteiger partial charge in [0, 0.05) is 12.2 Å². The molecule has 3 heteroatoms. The van der Waals surface area contributed by atoms with Gasteiger partial charge in [0.05, 0.1) is 24.9 Å². The van der Waals surface area contributed by atoms with E-state index < -0.39 is 6.10 Å². The first-order valence-corrected chi connectivity index (χ1v) is 6.14. The lowest BCUT2D eigenvalue weighted by atomic mass is 10.0. The van der Waals surface area contributed by atoms with Crippen molar-refractivity contribution in [3.05, 3.63) is 29.8 Å². The Balaban J connectivity index is 2.21. The number of anilines is 1. The van der Waals surface area contributed by atoms with Crippen LogP contribution in [0.1, 0.15) is 32.4 Å². The zero-order valence-corrected chi connectivity index (χ0v) is 10.8. The van der Waals surface area contributed by atoms with E-state index in [0.29, 0.717) is 0 Å². The Labute approximate surface area is 103 Å². The van der Waals surface area contributed by atoms with Crippen LogP contribution in [0.25, 0.3) is 0 Å². The van der Waals surface area contributed by atoms with Crippen LogP contribution >= 0.6 is 0 Å². The molecule has 0 amide bonds. The molecule has 1 aliphatic heterocycles. The lowest BCUT2D eigenvalue weighted by molar-refractivity contribution is 0.0644. The molecule has 0 bridgehead atoms. The van der Waals surface area contributed by atoms with Gasteiger partial charge < -0.3 is 14.7 Å². The molecule has 1 aromatic rings. The fourth-order valence-corrected chi connectivity index (χ4v) is 2.27. The molecule has 2 rings (SSSR count). The SMILES string of the molecule is CC(O)c1ccc(N2CCOCC2(C)C)cc1. The third-order valence-corrected chi connectivity index (χ3v) is 3.33. The summed E-state index contributed by atoms with van der Waals surface area (Å²) in [5, 5.41) is 9.49. The van der Waals surface area contributed by atoms with Crippen molar-refractivity contribution in [2.45, 2.75) is 32.4 Å². The normalized spacial score (nSPS) is 21.3. The Morgan fingerprint density at radius 3 is 2.47 bits per heavy atom. The number of aliphatic hydroxyl groups is 1. The van der Waals surface area contributed by atoms with E-state index in [0.717, 1.165) is 25.3 Å². The molecule has 94 valence electrons. The topological polar surface area (TPSA) is 32.7 Å². The molecule has 0 spiro atoms. The number of benzene rings is 1. The molecule has 0 aliphatic carbocycles. The first-order valence-electron chi connectivity index (χ1n) is 6.14. The summed E-state index contributed by atoms with van der Waals surface area (Å²) in [6.45, 7) is 8.62. The summed E-state index contributed by atoms with van der Waals surface area (Å²) >= 11 is 0. The summed E-state index contributed by atoms with van der Waals surface area (Å²) in [7, 11) is 0. The number of rotatable bonds is 2. The maximum Gasteiger partial charge on any atom is 0.0761 e. The Kier molecular flexibility index (Phi) is 3.40. The quantitative estimate of drug-likeness (QED) is 0.854. The third kappa shape index (κ3) is 2.61. The second-order valence-electron chi connectivity index (χ2n) is 5.28. The highest BCUT2D eigenvalue weighted by atomic mass is 16.5. The maximum absolute atomic E-state index is 9.49. The van der Waals surface area contributed by atoms with Crippen LogP contribution in [-0.4, -0.2) is 30.4 Å². The van der Waals surface area contributed by atoms with Crippen molar-refractivity contribution in [3.63, 3.8) is 0 Å². The molecule has 0 saturated carbocycles. The van der Waals surface area contributed by atoms with E-state index in [1.54, 1.807) is 6.92 Å². The predicted octanol–water partition coefficient (Wildman–Crippen LogP) is 2.36. The van der Waals surface area contributed by atoms with Gasteiger partial charge in [-0.2, -0.15) is 0 Å². The fraction of sp³-hybridized carbons (Fsp3) is 0.571. The molecule has 1 N–H and O–H groups in total. The summed E-state index contributed by atoms with van der Waals surface area (Å²) in [6.07, 6.45) is -0.401. The molecule has 1 fully saturated rings. The Morgan fingerprint density at radius 2 is 1.94 bits per heavy atom. The molecule has 1 unspecified atom stereocenters. The van der Waals surface area contributed by atoms with Crippen LogP contribution in [0, 0.1) is 0 Å². The molecule has 1 atom stereocenters. The molecule has 1 aliphatic rings. The average Bonchev–Trinajstić information content (AvgIpc) is 2.28. The van der Waals surface area contributed by atoms with Crippen LogP contribution in [0.3, 0.4) is 0 Å². The van der Waals surface area contributed by atoms with E-state index in [-0.39, 0.29) is 5.54 Å². The molecule has 0 radical (unpaired) electrons. The smallest absolute Gasteiger partial charge is 0.0761 e. The van der Waals surface area contributed by atoms with E-state index in [1.165, 1.54) is 5.69 Å². The van der Waals surface area contributed by atoms with Crippen molar-refractivity contribution in [1.82, 2.24) is 0 Å². The van der Waals surface area contributed by atoms with Crippen LogP contribution in [0.5, 0.6) is 0 Å². The lowest BCUT2D eigenvalue weighted by Crippen LogP contribution is -2.53. The highest BCUT2D eigenvalue weighted by molar-refractivity contribution is 5.50. The van der Waals surface area contributed by atoms with Crippen molar-refractivity contribution in [2.75, 3.05) is 24.7 Å².